The summed E-state index contributed by atoms with van der Waals surface area (Å²) in [6.45, 7) is 20.4. The molecule has 0 radical (unpaired) electrons. The molecule has 0 spiro atoms. The number of ether oxygens (including phenoxy) is 8. The number of nitrogens with zero attached hydrogens (tertiary/aromatic N) is 1. The highest BCUT2D eigenvalue weighted by molar-refractivity contribution is 8.76. The number of aliphatic hydroxyl groups excluding tert-OH is 6. The van der Waals surface area contributed by atoms with E-state index in [0.29, 0.717) is 81.3 Å². The van der Waals surface area contributed by atoms with Crippen molar-refractivity contribution in [3.05, 3.63) is 48.1 Å². The highest BCUT2D eigenvalue weighted by Gasteiger charge is 2.53. The van der Waals surface area contributed by atoms with Gasteiger partial charge in [0, 0.05) is 94.9 Å². The van der Waals surface area contributed by atoms with Crippen molar-refractivity contribution in [2.75, 3.05) is 72.4 Å². The third-order valence-electron chi connectivity index (χ3n) is 19.4. The van der Waals surface area contributed by atoms with Crippen LogP contribution in [0.1, 0.15) is 159 Å². The number of esters is 1. The number of nitrogens with one attached hydrogen (secondary N) is 2. The van der Waals surface area contributed by atoms with Gasteiger partial charge in [-0.15, -0.1) is 0 Å². The lowest BCUT2D eigenvalue weighted by Gasteiger charge is -2.42. The third-order valence-corrected chi connectivity index (χ3v) is 21.9. The first-order valence-electron chi connectivity index (χ1n) is 35.3. The molecule has 0 unspecified atom stereocenters. The zero-order valence-corrected chi connectivity index (χ0v) is 62.8. The zero-order chi connectivity index (χ0) is 75.0. The fourth-order valence-electron chi connectivity index (χ4n) is 12.7. The van der Waals surface area contributed by atoms with Crippen LogP contribution in [0.15, 0.2) is 48.1 Å². The molecule has 100 heavy (non-hydrogen) atoms. The van der Waals surface area contributed by atoms with Crippen LogP contribution < -0.4 is 10.6 Å². The second kappa shape index (κ2) is 46.2. The van der Waals surface area contributed by atoms with Gasteiger partial charge in [-0.05, 0) is 127 Å². The molecular weight excluding hydrogens is 1340 g/mol. The maximum atomic E-state index is 14.7. The number of hydrogen-bond donors (Lipinski definition) is 9. The van der Waals surface area contributed by atoms with Crippen LogP contribution in [-0.4, -0.2) is 245 Å². The number of Topliss-reactive ketones (excluding diaryl/α,β-unsaturated/α-hetero) is 3. The van der Waals surface area contributed by atoms with Gasteiger partial charge < -0.3 is 89.2 Å². The molecule has 26 nitrogen and oxygen atoms in total. The number of carbonyl (C=O) groups excluding carboxylic acids is 8. The second-order valence-electron chi connectivity index (χ2n) is 27.4. The van der Waals surface area contributed by atoms with Crippen LogP contribution >= 0.6 is 21.6 Å². The highest BCUT2D eigenvalue weighted by atomic mass is 33.1. The summed E-state index contributed by atoms with van der Waals surface area (Å²) >= 11 is 0. The Morgan fingerprint density at radius 3 is 2.15 bits per heavy atom. The number of rotatable bonds is 46. The standard InChI is InChI=1S/C72H119N3O23S2/c1-15-17-20-42(3)33-47(8)62(81)66(93-14)63(82)48(9)34-45(6)54(77)38-59(97-70(88)53-21-18-19-28-75(53)69(87)67(85)72(90)49(10)23-25-52(98-72)37-58(91-12)43(4)16-2)46(7)35-51-24-26-57(60(36-51)92-13)94-29-30-95-71(89)96-31-32-99-100-41-50(11)74-68(86)44(5)22-27-61(80)73-39-55(78)64(83)65(84)56(79)40-76/h15-17,20,34,42,44-47,49-53,55-60,63-66,76,78-79,82-84,90H,1,18-19,21-33,35-41H2,2-14H3,(H,73,80)(H,74,86)/b20-17+,43-16+,48-34+/t42-,44+,45-,46-,47-,49-,50-,51+,52+,53+,55+,56-,57-,58+,59+,60-,63-,64-,65-,66+,72-/m1/s1. The predicted molar refractivity (Wildman–Crippen MR) is 378 cm³/mol. The lowest BCUT2D eigenvalue weighted by Crippen LogP contribution is -2.61. The van der Waals surface area contributed by atoms with Gasteiger partial charge in [-0.25, -0.2) is 9.59 Å². The second-order valence-corrected chi connectivity index (χ2v) is 30.0. The van der Waals surface area contributed by atoms with Crippen molar-refractivity contribution < 1.29 is 112 Å². The Kier molecular flexibility index (Phi) is 41.4. The fourth-order valence-corrected chi connectivity index (χ4v) is 14.9. The molecule has 0 aromatic carbocycles. The number of methoxy groups -OCH3 is 3. The molecule has 28 heteroatoms. The van der Waals surface area contributed by atoms with E-state index in [2.05, 4.69) is 17.2 Å². The van der Waals surface area contributed by atoms with Crippen molar-refractivity contribution >= 4 is 68.8 Å². The largest absolute Gasteiger partial charge is 0.508 e. The Balaban J connectivity index is 1.62. The Hall–Kier alpha value is -4.66. The maximum Gasteiger partial charge on any atom is 0.508 e. The van der Waals surface area contributed by atoms with Crippen LogP contribution in [0.25, 0.3) is 0 Å². The number of ketones is 3. The summed E-state index contributed by atoms with van der Waals surface area (Å²) in [4.78, 5) is 110. The minimum atomic E-state index is -2.46. The summed E-state index contributed by atoms with van der Waals surface area (Å²) in [5.41, 5.74) is 1.28. The van der Waals surface area contributed by atoms with Crippen LogP contribution in [-0.2, 0) is 71.5 Å². The van der Waals surface area contributed by atoms with E-state index in [1.807, 2.05) is 52.8 Å². The van der Waals surface area contributed by atoms with Gasteiger partial charge in [0.1, 0.15) is 61.7 Å². The summed E-state index contributed by atoms with van der Waals surface area (Å²) in [5, 5.41) is 76.9. The summed E-state index contributed by atoms with van der Waals surface area (Å²) in [6.07, 6.45) is 0.934. The van der Waals surface area contributed by atoms with E-state index in [-0.39, 0.29) is 106 Å². The molecular formula is C72H119N3O23S2. The van der Waals surface area contributed by atoms with E-state index in [1.54, 1.807) is 61.0 Å². The average molecular weight is 1460 g/mol. The molecule has 9 N–H and O–H groups in total. The van der Waals surface area contributed by atoms with Crippen molar-refractivity contribution in [2.45, 2.75) is 244 Å². The molecule has 3 rings (SSSR count). The van der Waals surface area contributed by atoms with E-state index in [4.69, 9.17) is 43.0 Å². The van der Waals surface area contributed by atoms with Gasteiger partial charge in [-0.1, -0.05) is 100 Å². The zero-order valence-electron chi connectivity index (χ0n) is 61.1. The molecule has 21 atom stereocenters. The Labute approximate surface area is 599 Å². The number of amides is 3. The maximum absolute atomic E-state index is 14.7. The van der Waals surface area contributed by atoms with E-state index in [9.17, 15) is 69.0 Å². The monoisotopic (exact) mass is 1460 g/mol. The lowest BCUT2D eigenvalue weighted by atomic mass is 9.78. The van der Waals surface area contributed by atoms with E-state index < -0.39 is 133 Å². The molecule has 0 bridgehead atoms. The summed E-state index contributed by atoms with van der Waals surface area (Å²) in [7, 11) is 7.39. The molecule has 0 aromatic rings. The quantitative estimate of drug-likeness (QED) is 0.00862. The molecule has 1 saturated carbocycles. The van der Waals surface area contributed by atoms with E-state index in [0.717, 1.165) is 10.5 Å². The van der Waals surface area contributed by atoms with Crippen molar-refractivity contribution in [1.29, 1.82) is 0 Å². The fraction of sp³-hybridized carbons (Fsp3) is 0.778. The Morgan fingerprint density at radius 1 is 0.810 bits per heavy atom. The Morgan fingerprint density at radius 2 is 1.50 bits per heavy atom. The Bertz CT molecular complexity index is 2670. The molecule has 3 fully saturated rings. The van der Waals surface area contributed by atoms with E-state index >= 15 is 0 Å². The van der Waals surface area contributed by atoms with Crippen LogP contribution in [0.5, 0.6) is 0 Å². The highest BCUT2D eigenvalue weighted by Crippen LogP contribution is 2.38. The summed E-state index contributed by atoms with van der Waals surface area (Å²) < 4.78 is 46.4. The van der Waals surface area contributed by atoms with Gasteiger partial charge in [-0.2, -0.15) is 0 Å². The normalized spacial score (nSPS) is 25.1. The smallest absolute Gasteiger partial charge is 0.460 e. The SMILES string of the molecule is C=C/C=C/[C@@H](C)C[C@@H](C)C(=O)[C@H](OC)[C@H](O)/C(C)=C/[C@@H](C)C(=O)C[C@H](OC(=O)[C@@H]1CCCCN1C(=O)C(=O)[C@]1(O)O[C@H](C[C@H](OC)/C(C)=C/C)CC[C@H]1C)[C@H](C)C[C@@H]1CC[C@@H](OCCOC(=O)OCCSSC[C@@H](C)NC(=O)[C@@H](C)CCC(=O)NC[C@H](O)[C@@H](O)[C@H](O)[C@H](O)CO)[C@H](OC)C1. The number of likely N-dealkylation sites (tertiary alicyclic amines) is 1. The molecule has 1 aliphatic carbocycles. The average Bonchev–Trinajstić information content (AvgIpc) is 0.774. The predicted octanol–water partition coefficient (Wildman–Crippen LogP) is 5.85. The van der Waals surface area contributed by atoms with Crippen LogP contribution in [0.3, 0.4) is 0 Å². The minimum Gasteiger partial charge on any atom is -0.460 e. The number of aliphatic hydroxyl groups is 7. The lowest BCUT2D eigenvalue weighted by molar-refractivity contribution is -0.265. The van der Waals surface area contributed by atoms with Gasteiger partial charge >= 0.3 is 12.1 Å². The molecule has 2 saturated heterocycles. The van der Waals surface area contributed by atoms with Crippen LogP contribution in [0.2, 0.25) is 0 Å². The van der Waals surface area contributed by atoms with Gasteiger partial charge in [0.25, 0.3) is 11.7 Å². The molecule has 2 aliphatic heterocycles. The summed E-state index contributed by atoms with van der Waals surface area (Å²) in [5.74, 6) is -8.86. The van der Waals surface area contributed by atoms with Gasteiger partial charge in [0.2, 0.25) is 17.6 Å². The van der Waals surface area contributed by atoms with Crippen molar-refractivity contribution in [2.24, 2.45) is 41.4 Å². The molecule has 2 heterocycles. The first kappa shape index (κ1) is 89.6. The van der Waals surface area contributed by atoms with Gasteiger partial charge in [0.05, 0.1) is 43.7 Å². The number of hydrogen-bond acceptors (Lipinski definition) is 25. The van der Waals surface area contributed by atoms with Crippen molar-refractivity contribution in [3.63, 3.8) is 0 Å². The van der Waals surface area contributed by atoms with Crippen molar-refractivity contribution in [1.82, 2.24) is 15.5 Å². The molecule has 3 aliphatic rings. The number of piperidine rings is 1. The van der Waals surface area contributed by atoms with Gasteiger partial charge in [0.15, 0.2) is 5.78 Å². The van der Waals surface area contributed by atoms with E-state index in [1.165, 1.54) is 28.7 Å². The minimum absolute atomic E-state index is 0.00817. The van der Waals surface area contributed by atoms with Gasteiger partial charge in [-0.3, -0.25) is 28.8 Å². The van der Waals surface area contributed by atoms with Crippen molar-refractivity contribution in [3.8, 4) is 0 Å². The molecule has 3 amide bonds. The van der Waals surface area contributed by atoms with Crippen LogP contribution in [0.4, 0.5) is 4.79 Å². The number of allylic oxidation sites excluding steroid dienone is 5. The molecule has 0 aromatic heterocycles. The topological polar surface area (TPSA) is 379 Å². The van der Waals surface area contributed by atoms with Crippen LogP contribution in [0, 0.1) is 41.4 Å². The summed E-state index contributed by atoms with van der Waals surface area (Å²) in [6, 6.07) is -1.44. The first-order chi connectivity index (χ1) is 47.3. The first-order valence-corrected chi connectivity index (χ1v) is 37.8. The molecule has 572 valence electrons. The third kappa shape index (κ3) is 29.1. The number of carbonyl (C=O) groups is 8.